The smallest absolute Gasteiger partial charge is 0.340 e. The number of ether oxygens (including phenoxy) is 2. The van der Waals surface area contributed by atoms with Gasteiger partial charge in [-0.3, -0.25) is 0 Å². The van der Waals surface area contributed by atoms with Crippen LogP contribution in [0.5, 0.6) is 5.75 Å². The molecule has 134 valence electrons. The Morgan fingerprint density at radius 1 is 1.04 bits per heavy atom. The Bertz CT molecular complexity index is 912. The number of hydrogen-bond donors (Lipinski definition) is 0. The van der Waals surface area contributed by atoms with Crippen molar-refractivity contribution in [3.63, 3.8) is 0 Å². The highest BCUT2D eigenvalue weighted by Gasteiger charge is 2.21. The van der Waals surface area contributed by atoms with Crippen molar-refractivity contribution in [2.45, 2.75) is 13.5 Å². The molecule has 5 heteroatoms. The van der Waals surface area contributed by atoms with Crippen molar-refractivity contribution >= 4 is 5.97 Å². The van der Waals surface area contributed by atoms with Gasteiger partial charge in [-0.2, -0.15) is 0 Å². The minimum Gasteiger partial charge on any atom is -0.497 e. The number of halogens is 1. The van der Waals surface area contributed by atoms with Crippen molar-refractivity contribution in [1.82, 2.24) is 4.57 Å². The molecule has 0 unspecified atom stereocenters. The van der Waals surface area contributed by atoms with Crippen LogP contribution in [-0.4, -0.2) is 24.8 Å². The van der Waals surface area contributed by atoms with Gasteiger partial charge in [0, 0.05) is 24.0 Å². The average Bonchev–Trinajstić information content (AvgIpc) is 2.98. The molecule has 4 nitrogen and oxygen atoms in total. The second kappa shape index (κ2) is 7.44. The maximum absolute atomic E-state index is 13.3. The Balaban J connectivity index is 2.03. The number of hydrogen-bond acceptors (Lipinski definition) is 3. The summed E-state index contributed by atoms with van der Waals surface area (Å²) in [5.74, 6) is 0.0679. The molecule has 1 aromatic heterocycles. The third-order valence-corrected chi connectivity index (χ3v) is 4.40. The van der Waals surface area contributed by atoms with Gasteiger partial charge in [0.25, 0.3) is 0 Å². The third-order valence-electron chi connectivity index (χ3n) is 4.40. The molecule has 0 atom stereocenters. The number of carbonyl (C=O) groups excluding carboxylic acids is 1. The third kappa shape index (κ3) is 3.47. The van der Waals surface area contributed by atoms with Gasteiger partial charge in [0.2, 0.25) is 0 Å². The zero-order valence-electron chi connectivity index (χ0n) is 15.0. The summed E-state index contributed by atoms with van der Waals surface area (Å²) < 4.78 is 25.4. The lowest BCUT2D eigenvalue weighted by Gasteiger charge is -2.08. The van der Waals surface area contributed by atoms with Crippen molar-refractivity contribution in [3.8, 4) is 16.9 Å². The Morgan fingerprint density at radius 3 is 2.27 bits per heavy atom. The number of aromatic nitrogens is 1. The van der Waals surface area contributed by atoms with Gasteiger partial charge in [0.05, 0.1) is 19.8 Å². The van der Waals surface area contributed by atoms with Crippen LogP contribution in [0.1, 0.15) is 21.6 Å². The zero-order valence-corrected chi connectivity index (χ0v) is 15.0. The highest BCUT2D eigenvalue weighted by Crippen LogP contribution is 2.29. The van der Waals surface area contributed by atoms with Crippen LogP contribution < -0.4 is 4.74 Å². The van der Waals surface area contributed by atoms with Crippen LogP contribution >= 0.6 is 0 Å². The predicted molar refractivity (Wildman–Crippen MR) is 98.0 cm³/mol. The molecule has 3 rings (SSSR count). The molecule has 0 aliphatic rings. The second-order valence-electron chi connectivity index (χ2n) is 5.98. The molecule has 0 saturated heterocycles. The number of benzene rings is 2. The van der Waals surface area contributed by atoms with Crippen molar-refractivity contribution in [2.75, 3.05) is 14.2 Å². The fraction of sp³-hybridized carbons (Fsp3) is 0.190. The molecular weight excluding hydrogens is 333 g/mol. The Kier molecular flexibility index (Phi) is 5.07. The topological polar surface area (TPSA) is 40.5 Å². The molecule has 3 aromatic rings. The molecule has 0 radical (unpaired) electrons. The van der Waals surface area contributed by atoms with E-state index in [1.165, 1.54) is 19.2 Å². The Hall–Kier alpha value is -3.08. The molecule has 0 N–H and O–H groups in total. The van der Waals surface area contributed by atoms with E-state index in [2.05, 4.69) is 0 Å². The van der Waals surface area contributed by atoms with E-state index in [9.17, 15) is 9.18 Å². The van der Waals surface area contributed by atoms with Gasteiger partial charge < -0.3 is 14.0 Å². The first-order chi connectivity index (χ1) is 12.5. The summed E-state index contributed by atoms with van der Waals surface area (Å²) in [6.45, 7) is 2.48. The monoisotopic (exact) mass is 353 g/mol. The second-order valence-corrected chi connectivity index (χ2v) is 5.98. The van der Waals surface area contributed by atoms with E-state index in [4.69, 9.17) is 9.47 Å². The molecule has 0 aliphatic heterocycles. The van der Waals surface area contributed by atoms with E-state index < -0.39 is 5.97 Å². The van der Waals surface area contributed by atoms with Crippen molar-refractivity contribution in [3.05, 3.63) is 77.4 Å². The first-order valence-electron chi connectivity index (χ1n) is 8.20. The molecule has 2 aromatic carbocycles. The van der Waals surface area contributed by atoms with E-state index in [1.807, 2.05) is 42.0 Å². The quantitative estimate of drug-likeness (QED) is 0.637. The fourth-order valence-electron chi connectivity index (χ4n) is 2.96. The van der Waals surface area contributed by atoms with Crippen LogP contribution in [0.4, 0.5) is 4.39 Å². The van der Waals surface area contributed by atoms with Gasteiger partial charge in [-0.1, -0.05) is 24.3 Å². The first-order valence-corrected chi connectivity index (χ1v) is 8.20. The van der Waals surface area contributed by atoms with Crippen LogP contribution in [0, 0.1) is 12.7 Å². The molecule has 0 aliphatic carbocycles. The van der Waals surface area contributed by atoms with Gasteiger partial charge in [-0.05, 0) is 42.3 Å². The molecule has 1 heterocycles. The van der Waals surface area contributed by atoms with Crippen LogP contribution in [0.25, 0.3) is 11.1 Å². The lowest BCUT2D eigenvalue weighted by atomic mass is 10.0. The molecular formula is C21H20FNO3. The Morgan fingerprint density at radius 2 is 1.69 bits per heavy atom. The van der Waals surface area contributed by atoms with Crippen molar-refractivity contribution in [2.24, 2.45) is 0 Å². The lowest BCUT2D eigenvalue weighted by Crippen LogP contribution is -2.06. The molecule has 0 amide bonds. The summed E-state index contributed by atoms with van der Waals surface area (Å²) in [5.41, 5.74) is 3.86. The van der Waals surface area contributed by atoms with Crippen LogP contribution in [-0.2, 0) is 11.3 Å². The van der Waals surface area contributed by atoms with Crippen molar-refractivity contribution < 1.29 is 18.7 Å². The van der Waals surface area contributed by atoms with Crippen LogP contribution in [0.2, 0.25) is 0 Å². The summed E-state index contributed by atoms with van der Waals surface area (Å²) >= 11 is 0. The molecule has 0 fully saturated rings. The average molecular weight is 353 g/mol. The molecule has 0 bridgehead atoms. The first kappa shape index (κ1) is 17.7. The summed E-state index contributed by atoms with van der Waals surface area (Å²) in [5, 5.41) is 0. The molecule has 26 heavy (non-hydrogen) atoms. The Labute approximate surface area is 151 Å². The molecule has 0 spiro atoms. The van der Waals surface area contributed by atoms with Crippen LogP contribution in [0.3, 0.4) is 0 Å². The number of carbonyl (C=O) groups is 1. The number of nitrogens with zero attached hydrogens (tertiary/aromatic N) is 1. The van der Waals surface area contributed by atoms with E-state index in [0.29, 0.717) is 12.1 Å². The zero-order chi connectivity index (χ0) is 18.7. The predicted octanol–water partition coefficient (Wildman–Crippen LogP) is 4.45. The van der Waals surface area contributed by atoms with Gasteiger partial charge in [0.1, 0.15) is 11.6 Å². The maximum atomic E-state index is 13.3. The largest absolute Gasteiger partial charge is 0.497 e. The summed E-state index contributed by atoms with van der Waals surface area (Å²) in [7, 11) is 2.99. The van der Waals surface area contributed by atoms with Gasteiger partial charge in [-0.25, -0.2) is 9.18 Å². The number of esters is 1. The normalized spacial score (nSPS) is 10.6. The van der Waals surface area contributed by atoms with E-state index >= 15 is 0 Å². The van der Waals surface area contributed by atoms with Crippen molar-refractivity contribution in [1.29, 1.82) is 0 Å². The van der Waals surface area contributed by atoms with Gasteiger partial charge in [0.15, 0.2) is 0 Å². The summed E-state index contributed by atoms with van der Waals surface area (Å²) in [4.78, 5) is 12.3. The van der Waals surface area contributed by atoms with E-state index in [1.54, 1.807) is 19.2 Å². The standard InChI is InChI=1S/C21H20FNO3/c1-14-20(21(24)26-3)19(16-6-8-17(22)9-7-16)13-23(14)12-15-4-10-18(25-2)11-5-15/h4-11,13H,12H2,1-3H3. The highest BCUT2D eigenvalue weighted by molar-refractivity contribution is 5.98. The van der Waals surface area contributed by atoms with Crippen LogP contribution in [0.15, 0.2) is 54.7 Å². The minimum absolute atomic E-state index is 0.317. The van der Waals surface area contributed by atoms with Gasteiger partial charge >= 0.3 is 5.97 Å². The maximum Gasteiger partial charge on any atom is 0.340 e. The SMILES string of the molecule is COC(=O)c1c(-c2ccc(F)cc2)cn(Cc2ccc(OC)cc2)c1C. The number of rotatable bonds is 5. The summed E-state index contributed by atoms with van der Waals surface area (Å²) in [6.07, 6.45) is 1.90. The highest BCUT2D eigenvalue weighted by atomic mass is 19.1. The summed E-state index contributed by atoms with van der Waals surface area (Å²) in [6, 6.07) is 13.8. The number of methoxy groups -OCH3 is 2. The lowest BCUT2D eigenvalue weighted by molar-refractivity contribution is 0.0600. The fourth-order valence-corrected chi connectivity index (χ4v) is 2.96. The van der Waals surface area contributed by atoms with E-state index in [0.717, 1.165) is 28.1 Å². The molecule has 0 saturated carbocycles. The minimum atomic E-state index is -0.407. The van der Waals surface area contributed by atoms with Gasteiger partial charge in [-0.15, -0.1) is 0 Å². The van der Waals surface area contributed by atoms with E-state index in [-0.39, 0.29) is 5.82 Å².